The molecule has 2 rings (SSSR count). The molecule has 0 aliphatic rings. The molecule has 0 atom stereocenters. The number of hydrogen-bond donors (Lipinski definition) is 2. The second-order valence-corrected chi connectivity index (χ2v) is 5.25. The standard InChI is InChI=1S/C16H18N2OS/c1-17-11-13-5-3-4-6-15(13)18-16(19)12-7-9-14(20-2)10-8-12/h3-10,17H,11H2,1-2H3,(H,18,19). The van der Waals surface area contributed by atoms with Crippen molar-refractivity contribution >= 4 is 23.4 Å². The number of amides is 1. The van der Waals surface area contributed by atoms with E-state index in [1.54, 1.807) is 11.8 Å². The van der Waals surface area contributed by atoms with Crippen LogP contribution in [0.5, 0.6) is 0 Å². The van der Waals surface area contributed by atoms with Crippen LogP contribution in [-0.2, 0) is 6.54 Å². The first-order chi connectivity index (χ1) is 9.74. The van der Waals surface area contributed by atoms with Gasteiger partial charge in [-0.3, -0.25) is 4.79 Å². The zero-order chi connectivity index (χ0) is 14.4. The highest BCUT2D eigenvalue weighted by Gasteiger charge is 2.08. The Morgan fingerprint density at radius 2 is 1.80 bits per heavy atom. The Morgan fingerprint density at radius 3 is 2.45 bits per heavy atom. The van der Waals surface area contributed by atoms with Crippen LogP contribution < -0.4 is 10.6 Å². The molecular weight excluding hydrogens is 268 g/mol. The van der Waals surface area contributed by atoms with E-state index in [4.69, 9.17) is 0 Å². The van der Waals surface area contributed by atoms with E-state index in [1.165, 1.54) is 0 Å². The summed E-state index contributed by atoms with van der Waals surface area (Å²) < 4.78 is 0. The number of anilines is 1. The van der Waals surface area contributed by atoms with E-state index in [0.717, 1.165) is 22.7 Å². The van der Waals surface area contributed by atoms with E-state index in [1.807, 2.05) is 61.8 Å². The molecular formula is C16H18N2OS. The van der Waals surface area contributed by atoms with Crippen LogP contribution in [0.1, 0.15) is 15.9 Å². The lowest BCUT2D eigenvalue weighted by atomic mass is 10.1. The van der Waals surface area contributed by atoms with E-state index in [0.29, 0.717) is 5.56 Å². The maximum Gasteiger partial charge on any atom is 0.255 e. The zero-order valence-corrected chi connectivity index (χ0v) is 12.5. The Labute approximate surface area is 123 Å². The molecule has 0 spiro atoms. The van der Waals surface area contributed by atoms with Gasteiger partial charge in [-0.1, -0.05) is 18.2 Å². The predicted molar refractivity (Wildman–Crippen MR) is 85.4 cm³/mol. The highest BCUT2D eigenvalue weighted by atomic mass is 32.2. The van der Waals surface area contributed by atoms with E-state index >= 15 is 0 Å². The third-order valence-electron chi connectivity index (χ3n) is 2.98. The molecule has 0 saturated carbocycles. The summed E-state index contributed by atoms with van der Waals surface area (Å²) in [5, 5.41) is 6.06. The molecule has 104 valence electrons. The van der Waals surface area contributed by atoms with Crippen LogP contribution in [0.4, 0.5) is 5.69 Å². The Hall–Kier alpha value is -1.78. The summed E-state index contributed by atoms with van der Waals surface area (Å²) in [6.07, 6.45) is 2.02. The molecule has 1 amide bonds. The zero-order valence-electron chi connectivity index (χ0n) is 11.6. The van der Waals surface area contributed by atoms with E-state index < -0.39 is 0 Å². The Kier molecular flexibility index (Phi) is 5.21. The molecule has 0 heterocycles. The van der Waals surface area contributed by atoms with Gasteiger partial charge in [0, 0.05) is 22.7 Å². The van der Waals surface area contributed by atoms with E-state index in [9.17, 15) is 4.79 Å². The molecule has 0 radical (unpaired) electrons. The Balaban J connectivity index is 2.14. The summed E-state index contributed by atoms with van der Waals surface area (Å²) in [6.45, 7) is 0.724. The van der Waals surface area contributed by atoms with Gasteiger partial charge < -0.3 is 10.6 Å². The molecule has 2 aromatic carbocycles. The minimum absolute atomic E-state index is 0.0822. The van der Waals surface area contributed by atoms with Crippen molar-refractivity contribution in [3.63, 3.8) is 0 Å². The van der Waals surface area contributed by atoms with Crippen LogP contribution in [0.3, 0.4) is 0 Å². The van der Waals surface area contributed by atoms with Gasteiger partial charge in [0.2, 0.25) is 0 Å². The van der Waals surface area contributed by atoms with Crippen molar-refractivity contribution in [1.82, 2.24) is 5.32 Å². The summed E-state index contributed by atoms with van der Waals surface area (Å²) in [5.74, 6) is -0.0822. The normalized spacial score (nSPS) is 10.3. The maximum absolute atomic E-state index is 12.2. The van der Waals surface area contributed by atoms with Gasteiger partial charge >= 0.3 is 0 Å². The lowest BCUT2D eigenvalue weighted by Gasteiger charge is -2.11. The first kappa shape index (κ1) is 14.6. The van der Waals surface area contributed by atoms with Gasteiger partial charge in [0.25, 0.3) is 5.91 Å². The van der Waals surface area contributed by atoms with Crippen LogP contribution in [0.25, 0.3) is 0 Å². The quantitative estimate of drug-likeness (QED) is 0.828. The SMILES string of the molecule is CNCc1ccccc1NC(=O)c1ccc(SC)cc1. The van der Waals surface area contributed by atoms with E-state index in [2.05, 4.69) is 10.6 Å². The summed E-state index contributed by atoms with van der Waals surface area (Å²) in [7, 11) is 1.89. The molecule has 0 saturated heterocycles. The fourth-order valence-electron chi connectivity index (χ4n) is 1.92. The average molecular weight is 286 g/mol. The second kappa shape index (κ2) is 7.12. The van der Waals surface area contributed by atoms with Gasteiger partial charge in [0.05, 0.1) is 0 Å². The third-order valence-corrected chi connectivity index (χ3v) is 3.73. The summed E-state index contributed by atoms with van der Waals surface area (Å²) in [6, 6.07) is 15.4. The predicted octanol–water partition coefficient (Wildman–Crippen LogP) is 3.38. The smallest absolute Gasteiger partial charge is 0.255 e. The Morgan fingerprint density at radius 1 is 1.10 bits per heavy atom. The van der Waals surface area contributed by atoms with Crippen LogP contribution >= 0.6 is 11.8 Å². The van der Waals surface area contributed by atoms with Gasteiger partial charge in [-0.05, 0) is 49.2 Å². The molecule has 0 aliphatic heterocycles. The second-order valence-electron chi connectivity index (χ2n) is 4.37. The number of para-hydroxylation sites is 1. The van der Waals surface area contributed by atoms with Crippen molar-refractivity contribution in [1.29, 1.82) is 0 Å². The summed E-state index contributed by atoms with van der Waals surface area (Å²) in [4.78, 5) is 13.4. The van der Waals surface area contributed by atoms with Crippen molar-refractivity contribution in [3.8, 4) is 0 Å². The molecule has 0 bridgehead atoms. The topological polar surface area (TPSA) is 41.1 Å². The monoisotopic (exact) mass is 286 g/mol. The Bertz CT molecular complexity index is 581. The number of benzene rings is 2. The number of hydrogen-bond acceptors (Lipinski definition) is 3. The molecule has 2 N–H and O–H groups in total. The summed E-state index contributed by atoms with van der Waals surface area (Å²) >= 11 is 1.66. The number of carbonyl (C=O) groups excluding carboxylic acids is 1. The van der Waals surface area contributed by atoms with Gasteiger partial charge in [0.15, 0.2) is 0 Å². The van der Waals surface area contributed by atoms with E-state index in [-0.39, 0.29) is 5.91 Å². The number of thioether (sulfide) groups is 1. The molecule has 3 nitrogen and oxygen atoms in total. The fraction of sp³-hybridized carbons (Fsp3) is 0.188. The van der Waals surface area contributed by atoms with Gasteiger partial charge in [-0.25, -0.2) is 0 Å². The lowest BCUT2D eigenvalue weighted by Crippen LogP contribution is -2.15. The van der Waals surface area contributed by atoms with Crippen molar-refractivity contribution in [2.75, 3.05) is 18.6 Å². The largest absolute Gasteiger partial charge is 0.322 e. The van der Waals surface area contributed by atoms with Gasteiger partial charge in [-0.2, -0.15) is 0 Å². The molecule has 0 fully saturated rings. The number of rotatable bonds is 5. The first-order valence-electron chi connectivity index (χ1n) is 6.42. The van der Waals surface area contributed by atoms with Gasteiger partial charge in [-0.15, -0.1) is 11.8 Å². The first-order valence-corrected chi connectivity index (χ1v) is 7.65. The molecule has 0 unspecified atom stereocenters. The van der Waals surface area contributed by atoms with Crippen molar-refractivity contribution < 1.29 is 4.79 Å². The van der Waals surface area contributed by atoms with Gasteiger partial charge in [0.1, 0.15) is 0 Å². The molecule has 0 aromatic heterocycles. The molecule has 20 heavy (non-hydrogen) atoms. The molecule has 4 heteroatoms. The fourth-order valence-corrected chi connectivity index (χ4v) is 2.33. The highest BCUT2D eigenvalue weighted by Crippen LogP contribution is 2.18. The van der Waals surface area contributed by atoms with Crippen molar-refractivity contribution in [3.05, 3.63) is 59.7 Å². The minimum atomic E-state index is -0.0822. The maximum atomic E-state index is 12.2. The summed E-state index contributed by atoms with van der Waals surface area (Å²) in [5.41, 5.74) is 2.59. The van der Waals surface area contributed by atoms with Crippen molar-refractivity contribution in [2.45, 2.75) is 11.4 Å². The molecule has 0 aliphatic carbocycles. The molecule has 2 aromatic rings. The average Bonchev–Trinajstić information content (AvgIpc) is 2.49. The number of carbonyl (C=O) groups is 1. The van der Waals surface area contributed by atoms with Crippen molar-refractivity contribution in [2.24, 2.45) is 0 Å². The minimum Gasteiger partial charge on any atom is -0.322 e. The highest BCUT2D eigenvalue weighted by molar-refractivity contribution is 7.98. The van der Waals surface area contributed by atoms with Crippen LogP contribution in [0.2, 0.25) is 0 Å². The van der Waals surface area contributed by atoms with Crippen LogP contribution in [0, 0.1) is 0 Å². The third kappa shape index (κ3) is 3.62. The number of nitrogens with one attached hydrogen (secondary N) is 2. The van der Waals surface area contributed by atoms with Crippen LogP contribution in [0.15, 0.2) is 53.4 Å². The van der Waals surface area contributed by atoms with Crippen LogP contribution in [-0.4, -0.2) is 19.2 Å². The lowest BCUT2D eigenvalue weighted by molar-refractivity contribution is 0.102.